The van der Waals surface area contributed by atoms with Gasteiger partial charge in [0.25, 0.3) is 0 Å². The molecule has 0 atom stereocenters. The molecule has 0 spiro atoms. The molecule has 0 fully saturated rings. The van der Waals surface area contributed by atoms with E-state index in [1.165, 1.54) is 5.56 Å². The molecule has 0 aliphatic heterocycles. The van der Waals surface area contributed by atoms with E-state index < -0.39 is 0 Å². The molecule has 0 saturated heterocycles. The monoisotopic (exact) mass is 604 g/mol. The lowest BCUT2D eigenvalue weighted by molar-refractivity contribution is 0.413. The van der Waals surface area contributed by atoms with Crippen molar-refractivity contribution in [2.45, 2.75) is 12.8 Å². The molecule has 7 aromatic rings. The highest BCUT2D eigenvalue weighted by molar-refractivity contribution is 7.15. The lowest BCUT2D eigenvalue weighted by Gasteiger charge is -2.11. The first-order valence-electron chi connectivity index (χ1n) is 14.0. The number of H-pyrrole nitrogens is 1. The molecule has 214 valence electrons. The third-order valence-electron chi connectivity index (χ3n) is 7.31. The van der Waals surface area contributed by atoms with Crippen molar-refractivity contribution in [1.29, 1.82) is 0 Å². The largest absolute Gasteiger partial charge is 0.342 e. The maximum atomic E-state index is 6.40. The Morgan fingerprint density at radius 1 is 0.977 bits per heavy atom. The van der Waals surface area contributed by atoms with Gasteiger partial charge in [-0.3, -0.25) is 4.40 Å². The SMILES string of the molecule is CN(C)CCc1cccc(Nc2nccc(-c3c(-c4ccc5nc(Cc6ccccc6Cl)[nH]c5c4)nc4sccn34)n2)c1. The van der Waals surface area contributed by atoms with E-state index in [9.17, 15) is 0 Å². The summed E-state index contributed by atoms with van der Waals surface area (Å²) in [6, 6.07) is 24.4. The van der Waals surface area contributed by atoms with Crippen LogP contribution in [0.4, 0.5) is 11.6 Å². The fraction of sp³-hybridized carbons (Fsp3) is 0.152. The molecule has 2 N–H and O–H groups in total. The number of halogens is 1. The number of likely N-dealkylation sites (N-methyl/N-ethyl adjacent to an activating group) is 1. The molecular weight excluding hydrogens is 576 g/mol. The maximum absolute atomic E-state index is 6.40. The number of rotatable bonds is 9. The van der Waals surface area contributed by atoms with Crippen LogP contribution < -0.4 is 5.32 Å². The minimum atomic E-state index is 0.534. The van der Waals surface area contributed by atoms with Gasteiger partial charge in [-0.2, -0.15) is 0 Å². The number of aromatic amines is 1. The number of thiazole rings is 1. The normalized spacial score (nSPS) is 11.6. The van der Waals surface area contributed by atoms with Gasteiger partial charge in [-0.25, -0.2) is 19.9 Å². The van der Waals surface area contributed by atoms with Gasteiger partial charge in [-0.1, -0.05) is 48.0 Å². The van der Waals surface area contributed by atoms with Gasteiger partial charge in [0.05, 0.1) is 22.4 Å². The Bertz CT molecular complexity index is 2060. The molecule has 0 bridgehead atoms. The Morgan fingerprint density at radius 2 is 1.88 bits per heavy atom. The quantitative estimate of drug-likeness (QED) is 0.178. The predicted octanol–water partition coefficient (Wildman–Crippen LogP) is 7.49. The summed E-state index contributed by atoms with van der Waals surface area (Å²) in [4.78, 5) is 25.8. The van der Waals surface area contributed by atoms with Crippen LogP contribution in [0.5, 0.6) is 0 Å². The van der Waals surface area contributed by atoms with Crippen molar-refractivity contribution in [2.75, 3.05) is 26.0 Å². The first kappa shape index (κ1) is 27.3. The molecule has 4 heterocycles. The van der Waals surface area contributed by atoms with Gasteiger partial charge in [0.1, 0.15) is 11.5 Å². The smallest absolute Gasteiger partial charge is 0.227 e. The highest BCUT2D eigenvalue weighted by atomic mass is 35.5. The highest BCUT2D eigenvalue weighted by Crippen LogP contribution is 2.35. The van der Waals surface area contributed by atoms with Crippen LogP contribution in [0.1, 0.15) is 17.0 Å². The van der Waals surface area contributed by atoms with E-state index in [0.29, 0.717) is 12.4 Å². The van der Waals surface area contributed by atoms with Crippen molar-refractivity contribution in [2.24, 2.45) is 0 Å². The Balaban J connectivity index is 1.22. The van der Waals surface area contributed by atoms with Crippen LogP contribution in [-0.2, 0) is 12.8 Å². The Hall–Kier alpha value is -4.57. The van der Waals surface area contributed by atoms with Crippen molar-refractivity contribution < 1.29 is 0 Å². The van der Waals surface area contributed by atoms with Crippen LogP contribution in [0.25, 0.3) is 38.6 Å². The highest BCUT2D eigenvalue weighted by Gasteiger charge is 2.19. The van der Waals surface area contributed by atoms with E-state index >= 15 is 0 Å². The standard InChI is InChI=1S/C33H29ClN8S/c1-41(2)15-13-21-6-5-8-24(18-21)36-32-35-14-12-27(39-32)31-30(40-33-42(31)16-17-43-33)23-10-11-26-28(19-23)38-29(37-26)20-22-7-3-4-9-25(22)34/h3-12,14,16-19H,13,15,20H2,1-2H3,(H,37,38)(H,35,36,39). The second kappa shape index (κ2) is 11.6. The first-order valence-corrected chi connectivity index (χ1v) is 15.3. The molecule has 7 rings (SSSR count). The number of nitrogens with zero attached hydrogens (tertiary/aromatic N) is 6. The summed E-state index contributed by atoms with van der Waals surface area (Å²) < 4.78 is 2.09. The molecule has 10 heteroatoms. The average molecular weight is 605 g/mol. The molecule has 0 aliphatic rings. The van der Waals surface area contributed by atoms with Gasteiger partial charge >= 0.3 is 0 Å². The molecular formula is C33H29ClN8S. The van der Waals surface area contributed by atoms with Gasteiger partial charge in [-0.05, 0) is 68.0 Å². The Labute approximate surface area is 258 Å². The van der Waals surface area contributed by atoms with Crippen LogP contribution in [0.2, 0.25) is 5.02 Å². The summed E-state index contributed by atoms with van der Waals surface area (Å²) in [6.45, 7) is 0.989. The number of fused-ring (bicyclic) bond motifs is 2. The van der Waals surface area contributed by atoms with Crippen LogP contribution in [0.15, 0.2) is 90.6 Å². The van der Waals surface area contributed by atoms with Crippen LogP contribution in [0.3, 0.4) is 0 Å². The molecule has 0 saturated carbocycles. The third kappa shape index (κ3) is 5.75. The summed E-state index contributed by atoms with van der Waals surface area (Å²) in [5.74, 6) is 1.40. The number of hydrogen-bond acceptors (Lipinski definition) is 7. The van der Waals surface area contributed by atoms with Gasteiger partial charge in [0, 0.05) is 47.0 Å². The fourth-order valence-corrected chi connectivity index (χ4v) is 6.10. The summed E-state index contributed by atoms with van der Waals surface area (Å²) >= 11 is 7.99. The zero-order valence-corrected chi connectivity index (χ0v) is 25.3. The predicted molar refractivity (Wildman–Crippen MR) is 175 cm³/mol. The van der Waals surface area contributed by atoms with Crippen LogP contribution in [-0.4, -0.2) is 54.9 Å². The first-order chi connectivity index (χ1) is 21.0. The number of hydrogen-bond donors (Lipinski definition) is 2. The van der Waals surface area contributed by atoms with Crippen LogP contribution in [0, 0.1) is 0 Å². The van der Waals surface area contributed by atoms with Crippen molar-refractivity contribution in [3.8, 4) is 22.6 Å². The number of aromatic nitrogens is 6. The van der Waals surface area contributed by atoms with Crippen molar-refractivity contribution in [1.82, 2.24) is 34.2 Å². The summed E-state index contributed by atoms with van der Waals surface area (Å²) in [5, 5.41) is 6.17. The molecule has 0 radical (unpaired) electrons. The minimum Gasteiger partial charge on any atom is -0.342 e. The van der Waals surface area contributed by atoms with Gasteiger partial charge in [0.15, 0.2) is 4.96 Å². The van der Waals surface area contributed by atoms with E-state index in [1.807, 2.05) is 54.0 Å². The Kier molecular flexibility index (Phi) is 7.36. The summed E-state index contributed by atoms with van der Waals surface area (Å²) in [5.41, 5.74) is 8.63. The van der Waals surface area contributed by atoms with Crippen molar-refractivity contribution in [3.63, 3.8) is 0 Å². The molecule has 3 aromatic carbocycles. The molecule has 8 nitrogen and oxygen atoms in total. The zero-order chi connectivity index (χ0) is 29.3. The molecule has 43 heavy (non-hydrogen) atoms. The van der Waals surface area contributed by atoms with Crippen molar-refractivity contribution in [3.05, 3.63) is 113 Å². The lowest BCUT2D eigenvalue weighted by atomic mass is 10.1. The maximum Gasteiger partial charge on any atom is 0.227 e. The van der Waals surface area contributed by atoms with Crippen LogP contribution >= 0.6 is 22.9 Å². The third-order valence-corrected chi connectivity index (χ3v) is 8.44. The van der Waals surface area contributed by atoms with E-state index in [1.54, 1.807) is 17.5 Å². The number of anilines is 2. The van der Waals surface area contributed by atoms with E-state index in [-0.39, 0.29) is 0 Å². The average Bonchev–Trinajstić information content (AvgIpc) is 3.72. The second-order valence-electron chi connectivity index (χ2n) is 10.7. The van der Waals surface area contributed by atoms with Gasteiger partial charge < -0.3 is 15.2 Å². The summed E-state index contributed by atoms with van der Waals surface area (Å²) in [6.07, 6.45) is 5.42. The van der Waals surface area contributed by atoms with Gasteiger partial charge in [-0.15, -0.1) is 11.3 Å². The topological polar surface area (TPSA) is 87.0 Å². The second-order valence-corrected chi connectivity index (χ2v) is 12.0. The van der Waals surface area contributed by atoms with E-state index in [2.05, 4.69) is 69.0 Å². The number of imidazole rings is 2. The van der Waals surface area contributed by atoms with E-state index in [0.717, 1.165) is 73.7 Å². The zero-order valence-electron chi connectivity index (χ0n) is 23.8. The van der Waals surface area contributed by atoms with Gasteiger partial charge in [0.2, 0.25) is 5.95 Å². The lowest BCUT2D eigenvalue weighted by Crippen LogP contribution is -2.15. The number of nitrogens with one attached hydrogen (secondary N) is 2. The van der Waals surface area contributed by atoms with Crippen molar-refractivity contribution >= 4 is 50.6 Å². The number of benzene rings is 3. The fourth-order valence-electron chi connectivity index (χ4n) is 5.18. The molecule has 4 aromatic heterocycles. The molecule has 0 unspecified atom stereocenters. The molecule has 0 amide bonds. The summed E-state index contributed by atoms with van der Waals surface area (Å²) in [7, 11) is 4.17. The van der Waals surface area contributed by atoms with E-state index in [4.69, 9.17) is 26.6 Å². The minimum absolute atomic E-state index is 0.534. The Morgan fingerprint density at radius 3 is 2.77 bits per heavy atom. The molecule has 0 aliphatic carbocycles.